The average Bonchev–Trinajstić information content (AvgIpc) is 3.36. The molecular formula is C23H26N4O4. The van der Waals surface area contributed by atoms with Gasteiger partial charge in [-0.25, -0.2) is 4.98 Å². The second-order valence-corrected chi connectivity index (χ2v) is 8.18. The van der Waals surface area contributed by atoms with Crippen molar-refractivity contribution >= 4 is 22.8 Å². The van der Waals surface area contributed by atoms with Crippen LogP contribution in [0.3, 0.4) is 0 Å². The van der Waals surface area contributed by atoms with Gasteiger partial charge in [-0.3, -0.25) is 9.59 Å². The van der Waals surface area contributed by atoms with Gasteiger partial charge in [0.1, 0.15) is 11.4 Å². The summed E-state index contributed by atoms with van der Waals surface area (Å²) >= 11 is 0. The van der Waals surface area contributed by atoms with Gasteiger partial charge in [0.15, 0.2) is 5.76 Å². The van der Waals surface area contributed by atoms with Crippen LogP contribution in [-0.2, 0) is 22.5 Å². The molecule has 2 aromatic heterocycles. The Morgan fingerprint density at radius 3 is 2.68 bits per heavy atom. The lowest BCUT2D eigenvalue weighted by Crippen LogP contribution is -2.41. The molecule has 2 aliphatic heterocycles. The number of aryl methyl sites for hydroxylation is 1. The number of imidazole rings is 1. The van der Waals surface area contributed by atoms with Crippen LogP contribution in [0.2, 0.25) is 0 Å². The standard InChI is InChI=1S/C23H26N4O4/c1-15-18-5-3-4-6-19(18)31-21(15)23(29)27-8-7-26-14-17(24-22(26)16(27)2)13-20(28)25-9-11-30-12-10-25/h3-6,14,16H,7-13H2,1-2H3/t16-/m1/s1. The first-order valence-electron chi connectivity index (χ1n) is 10.7. The molecule has 3 aromatic rings. The van der Waals surface area contributed by atoms with Gasteiger partial charge >= 0.3 is 0 Å². The summed E-state index contributed by atoms with van der Waals surface area (Å²) in [5, 5.41) is 0.959. The zero-order valence-electron chi connectivity index (χ0n) is 17.8. The lowest BCUT2D eigenvalue weighted by molar-refractivity contribution is -0.134. The Morgan fingerprint density at radius 2 is 1.90 bits per heavy atom. The lowest BCUT2D eigenvalue weighted by atomic mass is 10.1. The number of furan rings is 1. The molecule has 5 rings (SSSR count). The van der Waals surface area contributed by atoms with E-state index in [-0.39, 0.29) is 24.3 Å². The summed E-state index contributed by atoms with van der Waals surface area (Å²) in [5.41, 5.74) is 2.32. The second kappa shape index (κ2) is 7.85. The highest BCUT2D eigenvalue weighted by Gasteiger charge is 2.33. The van der Waals surface area contributed by atoms with Crippen LogP contribution in [0, 0.1) is 6.92 Å². The number of hydrogen-bond donors (Lipinski definition) is 0. The zero-order chi connectivity index (χ0) is 21.5. The summed E-state index contributed by atoms with van der Waals surface area (Å²) < 4.78 is 13.3. The summed E-state index contributed by atoms with van der Waals surface area (Å²) in [5.74, 6) is 1.13. The van der Waals surface area contributed by atoms with E-state index < -0.39 is 0 Å². The zero-order valence-corrected chi connectivity index (χ0v) is 17.8. The van der Waals surface area contributed by atoms with Gasteiger partial charge in [-0.1, -0.05) is 18.2 Å². The van der Waals surface area contributed by atoms with Crippen LogP contribution in [0.25, 0.3) is 11.0 Å². The summed E-state index contributed by atoms with van der Waals surface area (Å²) in [7, 11) is 0. The highest BCUT2D eigenvalue weighted by molar-refractivity contribution is 5.99. The fraction of sp³-hybridized carbons (Fsp3) is 0.435. The number of amides is 2. The van der Waals surface area contributed by atoms with E-state index in [1.807, 2.05) is 49.2 Å². The molecule has 4 heterocycles. The van der Waals surface area contributed by atoms with E-state index in [0.29, 0.717) is 45.2 Å². The fourth-order valence-electron chi connectivity index (χ4n) is 4.50. The summed E-state index contributed by atoms with van der Waals surface area (Å²) in [6.07, 6.45) is 2.21. The quantitative estimate of drug-likeness (QED) is 0.648. The molecule has 0 N–H and O–H groups in total. The molecule has 31 heavy (non-hydrogen) atoms. The van der Waals surface area contributed by atoms with E-state index in [1.54, 1.807) is 4.90 Å². The number of ether oxygens (including phenoxy) is 1. The molecule has 8 heteroatoms. The van der Waals surface area contributed by atoms with Crippen molar-refractivity contribution < 1.29 is 18.7 Å². The molecule has 0 spiro atoms. The molecule has 0 unspecified atom stereocenters. The van der Waals surface area contributed by atoms with Crippen molar-refractivity contribution in [2.45, 2.75) is 32.9 Å². The number of hydrogen-bond acceptors (Lipinski definition) is 5. The van der Waals surface area contributed by atoms with Gasteiger partial charge in [0.2, 0.25) is 5.91 Å². The minimum absolute atomic E-state index is 0.0669. The number of carbonyl (C=O) groups excluding carboxylic acids is 2. The van der Waals surface area contributed by atoms with E-state index in [9.17, 15) is 9.59 Å². The van der Waals surface area contributed by atoms with Crippen LogP contribution in [0.15, 0.2) is 34.9 Å². The smallest absolute Gasteiger partial charge is 0.290 e. The van der Waals surface area contributed by atoms with Crippen molar-refractivity contribution in [1.82, 2.24) is 19.4 Å². The largest absolute Gasteiger partial charge is 0.451 e. The fourth-order valence-corrected chi connectivity index (χ4v) is 4.50. The van der Waals surface area contributed by atoms with Crippen molar-refractivity contribution in [2.75, 3.05) is 32.8 Å². The van der Waals surface area contributed by atoms with Gasteiger partial charge in [-0.15, -0.1) is 0 Å². The van der Waals surface area contributed by atoms with Crippen molar-refractivity contribution in [3.8, 4) is 0 Å². The van der Waals surface area contributed by atoms with Crippen LogP contribution in [-0.4, -0.2) is 64.0 Å². The Labute approximate surface area is 180 Å². The van der Waals surface area contributed by atoms with Gasteiger partial charge in [-0.2, -0.15) is 0 Å². The molecule has 2 aliphatic rings. The second-order valence-electron chi connectivity index (χ2n) is 8.18. The monoisotopic (exact) mass is 422 g/mol. The number of aromatic nitrogens is 2. The maximum atomic E-state index is 13.3. The van der Waals surface area contributed by atoms with Crippen LogP contribution < -0.4 is 0 Å². The summed E-state index contributed by atoms with van der Waals surface area (Å²) in [4.78, 5) is 34.3. The third kappa shape index (κ3) is 3.50. The minimum Gasteiger partial charge on any atom is -0.451 e. The van der Waals surface area contributed by atoms with Crippen molar-refractivity contribution in [1.29, 1.82) is 0 Å². The topological polar surface area (TPSA) is 80.8 Å². The van der Waals surface area contributed by atoms with E-state index >= 15 is 0 Å². The Bertz CT molecular complexity index is 1140. The molecule has 1 atom stereocenters. The first-order valence-corrected chi connectivity index (χ1v) is 10.7. The highest BCUT2D eigenvalue weighted by atomic mass is 16.5. The van der Waals surface area contributed by atoms with Gasteiger partial charge < -0.3 is 23.5 Å². The number of carbonyl (C=O) groups is 2. The molecule has 1 aromatic carbocycles. The number of nitrogens with zero attached hydrogens (tertiary/aromatic N) is 4. The highest BCUT2D eigenvalue weighted by Crippen LogP contribution is 2.31. The van der Waals surface area contributed by atoms with Gasteiger partial charge in [-0.05, 0) is 19.9 Å². The third-order valence-corrected chi connectivity index (χ3v) is 6.28. The van der Waals surface area contributed by atoms with E-state index in [1.165, 1.54) is 0 Å². The SMILES string of the molecule is Cc1c(C(=O)N2CCn3cc(CC(=O)N4CCOCC4)nc3[C@H]2C)oc2ccccc12. The Balaban J connectivity index is 1.35. The Kier molecular flexibility index (Phi) is 5.02. The molecule has 1 saturated heterocycles. The van der Waals surface area contributed by atoms with Crippen LogP contribution in [0.5, 0.6) is 0 Å². The van der Waals surface area contributed by atoms with Gasteiger partial charge in [0, 0.05) is 43.3 Å². The first-order chi connectivity index (χ1) is 15.0. The Hall–Kier alpha value is -3.13. The first kappa shape index (κ1) is 19.8. The predicted octanol–water partition coefficient (Wildman–Crippen LogP) is 2.56. The molecule has 1 fully saturated rings. The summed E-state index contributed by atoms with van der Waals surface area (Å²) in [6.45, 7) is 7.52. The molecule has 2 amide bonds. The van der Waals surface area contributed by atoms with Crippen LogP contribution >= 0.6 is 0 Å². The van der Waals surface area contributed by atoms with E-state index in [4.69, 9.17) is 14.1 Å². The number of fused-ring (bicyclic) bond motifs is 2. The van der Waals surface area contributed by atoms with E-state index in [0.717, 1.165) is 28.1 Å². The molecule has 0 saturated carbocycles. The predicted molar refractivity (Wildman–Crippen MR) is 114 cm³/mol. The molecule has 0 radical (unpaired) electrons. The molecule has 8 nitrogen and oxygen atoms in total. The normalized spacial score (nSPS) is 19.0. The number of para-hydroxylation sites is 1. The van der Waals surface area contributed by atoms with Crippen molar-refractivity contribution in [2.24, 2.45) is 0 Å². The summed E-state index contributed by atoms with van der Waals surface area (Å²) in [6, 6.07) is 7.48. The van der Waals surface area contributed by atoms with Gasteiger partial charge in [0.05, 0.1) is 31.4 Å². The molecule has 0 aliphatic carbocycles. The maximum Gasteiger partial charge on any atom is 0.290 e. The minimum atomic E-state index is -0.207. The molecular weight excluding hydrogens is 396 g/mol. The molecule has 162 valence electrons. The third-order valence-electron chi connectivity index (χ3n) is 6.28. The van der Waals surface area contributed by atoms with Crippen molar-refractivity contribution in [3.05, 3.63) is 53.3 Å². The maximum absolute atomic E-state index is 13.3. The average molecular weight is 422 g/mol. The number of benzene rings is 1. The lowest BCUT2D eigenvalue weighted by Gasteiger charge is -2.33. The number of morpholine rings is 1. The molecule has 0 bridgehead atoms. The van der Waals surface area contributed by atoms with Gasteiger partial charge in [0.25, 0.3) is 5.91 Å². The van der Waals surface area contributed by atoms with Crippen LogP contribution in [0.4, 0.5) is 0 Å². The number of rotatable bonds is 3. The van der Waals surface area contributed by atoms with E-state index in [2.05, 4.69) is 4.57 Å². The van der Waals surface area contributed by atoms with Crippen molar-refractivity contribution in [3.63, 3.8) is 0 Å². The van der Waals surface area contributed by atoms with Crippen LogP contribution in [0.1, 0.15) is 40.6 Å². The Morgan fingerprint density at radius 1 is 1.13 bits per heavy atom.